The van der Waals surface area contributed by atoms with Crippen LogP contribution >= 0.6 is 21.6 Å². The van der Waals surface area contributed by atoms with Crippen molar-refractivity contribution in [3.05, 3.63) is 96.3 Å². The number of nitriles is 1. The molecule has 1 aromatic carbocycles. The van der Waals surface area contributed by atoms with Crippen LogP contribution in [0.25, 0.3) is 33.2 Å². The third-order valence-corrected chi connectivity index (χ3v) is 13.6. The molecule has 0 bridgehead atoms. The van der Waals surface area contributed by atoms with Crippen LogP contribution in [0.1, 0.15) is 67.2 Å². The first-order valence-corrected chi connectivity index (χ1v) is 24.4. The Labute approximate surface area is 408 Å². The molecule has 1 saturated heterocycles. The molecule has 0 saturated carbocycles. The molecule has 0 radical (unpaired) electrons. The van der Waals surface area contributed by atoms with Crippen LogP contribution in [0, 0.1) is 17.2 Å². The number of hydrogen-bond donors (Lipinski definition) is 4. The predicted octanol–water partition coefficient (Wildman–Crippen LogP) is 6.18. The number of pyridine rings is 4. The molecule has 5 N–H and O–H groups in total. The van der Waals surface area contributed by atoms with Gasteiger partial charge in [0.1, 0.15) is 24.5 Å². The van der Waals surface area contributed by atoms with Gasteiger partial charge in [-0.2, -0.15) is 5.26 Å². The molecule has 0 aliphatic carbocycles. The fourth-order valence-corrected chi connectivity index (χ4v) is 9.72. The molecule has 18 nitrogen and oxygen atoms in total. The summed E-state index contributed by atoms with van der Waals surface area (Å²) in [6.45, 7) is 0.276. The molecule has 0 spiro atoms. The topological polar surface area (TPSA) is 270 Å². The Hall–Kier alpha value is -7.25. The maximum Gasteiger partial charge on any atom is 0.307 e. The van der Waals surface area contributed by atoms with Crippen molar-refractivity contribution in [2.45, 2.75) is 76.6 Å². The number of amides is 3. The van der Waals surface area contributed by atoms with Gasteiger partial charge < -0.3 is 35.8 Å². The molecule has 2 unspecified atom stereocenters. The van der Waals surface area contributed by atoms with Gasteiger partial charge in [0.15, 0.2) is 0 Å². The SMILES string of the molecule is COc1ncc(-c2ccc3nccc(-c4ccc(COC(=O)CCCSSCC(CC(=O)CCC(=O)NCc5cc(C(=O)NC(C)C(=O)N6CC(F)(F)C[C@H]6C#N)ccn5)C(=O)O)nc4)c3c2)cc1N. The molecule has 70 heavy (non-hydrogen) atoms. The first-order chi connectivity index (χ1) is 33.5. The second-order valence-electron chi connectivity index (χ2n) is 16.3. The number of halogens is 2. The van der Waals surface area contributed by atoms with Gasteiger partial charge in [-0.05, 0) is 66.9 Å². The third kappa shape index (κ3) is 14.4. The van der Waals surface area contributed by atoms with Crippen LogP contribution in [-0.4, -0.2) is 109 Å². The van der Waals surface area contributed by atoms with Crippen LogP contribution in [-0.2, 0) is 41.9 Å². The van der Waals surface area contributed by atoms with Gasteiger partial charge in [-0.25, -0.2) is 13.8 Å². The standard InChI is InChI=1S/C48H49F2N9O9S2/c1-28(46(64)59-27-48(49,50)20-36(59)21-51)58-44(63)30-11-13-53-35(16-30)24-56-42(61)10-8-37(60)17-33(47(65)66)26-70-69-15-3-4-43(62)68-25-34-7-5-31(22-55-34)38-12-14-54-41-9-6-29(18-39(38)41)32-19-40(52)45(67-2)57-23-32/h5-7,9,11-14,16,18-19,22-23,28,33,36H,3-4,8,10,15,17,20,24-27,52H2,1-2H3,(H,56,61)(H,58,63)(H,65,66)/t28?,33?,36-/m0/s1. The molecule has 3 atom stereocenters. The summed E-state index contributed by atoms with van der Waals surface area (Å²) in [5.74, 6) is -7.18. The zero-order valence-corrected chi connectivity index (χ0v) is 39.7. The number of esters is 1. The summed E-state index contributed by atoms with van der Waals surface area (Å²) in [5, 5.41) is 24.9. The summed E-state index contributed by atoms with van der Waals surface area (Å²) >= 11 is 0. The lowest BCUT2D eigenvalue weighted by atomic mass is 9.98. The number of fused-ring (bicyclic) bond motifs is 1. The number of anilines is 1. The number of rotatable bonds is 23. The summed E-state index contributed by atoms with van der Waals surface area (Å²) in [6.07, 6.45) is 5.60. The number of nitrogen functional groups attached to an aromatic ring is 1. The summed E-state index contributed by atoms with van der Waals surface area (Å²) < 4.78 is 38.3. The number of carboxylic acids is 1. The summed E-state index contributed by atoms with van der Waals surface area (Å²) in [6, 6.07) is 15.2. The first kappa shape index (κ1) is 52.1. The molecule has 3 amide bonds. The second kappa shape index (κ2) is 24.3. The van der Waals surface area contributed by atoms with Crippen molar-refractivity contribution in [1.82, 2.24) is 35.5 Å². The molecule has 6 rings (SSSR count). The van der Waals surface area contributed by atoms with Crippen molar-refractivity contribution < 1.29 is 52.1 Å². The summed E-state index contributed by atoms with van der Waals surface area (Å²) in [5.41, 5.74) is 11.7. The Bertz CT molecular complexity index is 2780. The number of aliphatic carboxylic acids is 1. The second-order valence-corrected chi connectivity index (χ2v) is 18.9. The van der Waals surface area contributed by atoms with E-state index in [0.717, 1.165) is 38.1 Å². The monoisotopic (exact) mass is 997 g/mol. The maximum absolute atomic E-state index is 13.8. The van der Waals surface area contributed by atoms with E-state index >= 15 is 0 Å². The van der Waals surface area contributed by atoms with Gasteiger partial charge in [-0.15, -0.1) is 0 Å². The van der Waals surface area contributed by atoms with E-state index in [0.29, 0.717) is 29.4 Å². The minimum Gasteiger partial charge on any atom is -0.481 e. The molecule has 22 heteroatoms. The summed E-state index contributed by atoms with van der Waals surface area (Å²) in [4.78, 5) is 93.4. The van der Waals surface area contributed by atoms with Gasteiger partial charge in [-0.1, -0.05) is 33.7 Å². The van der Waals surface area contributed by atoms with E-state index in [9.17, 15) is 47.9 Å². The van der Waals surface area contributed by atoms with Crippen molar-refractivity contribution in [1.29, 1.82) is 5.26 Å². The van der Waals surface area contributed by atoms with Crippen molar-refractivity contribution in [3.63, 3.8) is 0 Å². The lowest BCUT2D eigenvalue weighted by Crippen LogP contribution is -2.48. The van der Waals surface area contributed by atoms with Gasteiger partial charge in [0.2, 0.25) is 17.7 Å². The molecule has 4 aromatic heterocycles. The Balaban J connectivity index is 0.852. The van der Waals surface area contributed by atoms with Gasteiger partial charge in [0.25, 0.3) is 11.8 Å². The van der Waals surface area contributed by atoms with Crippen LogP contribution < -0.4 is 21.1 Å². The van der Waals surface area contributed by atoms with Crippen molar-refractivity contribution in [2.24, 2.45) is 5.92 Å². The number of benzene rings is 1. The number of methoxy groups -OCH3 is 1. The van der Waals surface area contributed by atoms with E-state index < -0.39 is 72.3 Å². The van der Waals surface area contributed by atoms with Crippen LogP contribution in [0.3, 0.4) is 0 Å². The van der Waals surface area contributed by atoms with E-state index in [1.807, 2.05) is 30.3 Å². The molecule has 5 aromatic rings. The molecule has 5 heterocycles. The fourth-order valence-electron chi connectivity index (χ4n) is 7.33. The lowest BCUT2D eigenvalue weighted by Gasteiger charge is -2.23. The fraction of sp³-hybridized carbons (Fsp3) is 0.354. The van der Waals surface area contributed by atoms with Crippen LogP contribution in [0.15, 0.2) is 79.4 Å². The normalized spacial score (nSPS) is 14.8. The number of nitrogens with one attached hydrogen (secondary N) is 2. The van der Waals surface area contributed by atoms with E-state index in [2.05, 4.69) is 30.6 Å². The van der Waals surface area contributed by atoms with E-state index in [1.165, 1.54) is 54.0 Å². The molecule has 1 aliphatic heterocycles. The molecule has 1 fully saturated rings. The van der Waals surface area contributed by atoms with Crippen molar-refractivity contribution >= 4 is 73.6 Å². The maximum atomic E-state index is 13.8. The van der Waals surface area contributed by atoms with Gasteiger partial charge in [-0.3, -0.25) is 43.7 Å². The Morgan fingerprint density at radius 3 is 2.44 bits per heavy atom. The number of Topliss-reactive ketones (excluding diaryl/α,β-unsaturated/α-hetero) is 1. The lowest BCUT2D eigenvalue weighted by molar-refractivity contribution is -0.145. The molecule has 366 valence electrons. The van der Waals surface area contributed by atoms with Crippen LogP contribution in [0.2, 0.25) is 0 Å². The van der Waals surface area contributed by atoms with Crippen molar-refractivity contribution in [3.8, 4) is 34.2 Å². The van der Waals surface area contributed by atoms with Gasteiger partial charge in [0.05, 0.1) is 54.8 Å². The Morgan fingerprint density at radius 1 is 0.943 bits per heavy atom. The van der Waals surface area contributed by atoms with E-state index in [4.69, 9.17) is 15.2 Å². The van der Waals surface area contributed by atoms with Gasteiger partial charge in [0, 0.05) is 90.5 Å². The van der Waals surface area contributed by atoms with E-state index in [1.54, 1.807) is 36.8 Å². The van der Waals surface area contributed by atoms with Crippen LogP contribution in [0.4, 0.5) is 14.5 Å². The average Bonchev–Trinajstić information content (AvgIpc) is 3.68. The number of likely N-dealkylation sites (tertiary alicyclic amines) is 1. The highest BCUT2D eigenvalue weighted by Gasteiger charge is 2.48. The minimum absolute atomic E-state index is 0.0105. The highest BCUT2D eigenvalue weighted by Crippen LogP contribution is 2.34. The number of ether oxygens (including phenoxy) is 2. The quantitative estimate of drug-likeness (QED) is 0.0323. The highest BCUT2D eigenvalue weighted by molar-refractivity contribution is 8.76. The number of carboxylic acid groups (broad SMARTS) is 1. The molecular weight excluding hydrogens is 949 g/mol. The highest BCUT2D eigenvalue weighted by atomic mass is 33.1. The largest absolute Gasteiger partial charge is 0.481 e. The molecular formula is C48H49F2N9O9S2. The zero-order chi connectivity index (χ0) is 50.4. The third-order valence-electron chi connectivity index (χ3n) is 11.0. The number of nitrogens with zero attached hydrogens (tertiary/aromatic N) is 6. The van der Waals surface area contributed by atoms with Crippen LogP contribution in [0.5, 0.6) is 5.88 Å². The first-order valence-electron chi connectivity index (χ1n) is 21.9. The molecule has 1 aliphatic rings. The number of aromatic nitrogens is 4. The number of carbonyl (C=O) groups excluding carboxylic acids is 5. The van der Waals surface area contributed by atoms with E-state index in [-0.39, 0.29) is 55.8 Å². The zero-order valence-electron chi connectivity index (χ0n) is 38.1. The smallest absolute Gasteiger partial charge is 0.307 e. The van der Waals surface area contributed by atoms with Gasteiger partial charge >= 0.3 is 11.9 Å². The number of alkyl halides is 2. The number of carbonyl (C=O) groups is 6. The Morgan fingerprint density at radius 2 is 1.71 bits per heavy atom. The van der Waals surface area contributed by atoms with Crippen molar-refractivity contribution in [2.75, 3.05) is 30.9 Å². The number of hydrogen-bond acceptors (Lipinski definition) is 16. The predicted molar refractivity (Wildman–Crippen MR) is 257 cm³/mol. The number of nitrogens with two attached hydrogens (primary N) is 1. The Kier molecular flexibility index (Phi) is 18.1. The average molecular weight is 998 g/mol. The number of ketones is 1. The summed E-state index contributed by atoms with van der Waals surface area (Å²) in [7, 11) is 4.16. The minimum atomic E-state index is -3.21.